The van der Waals surface area contributed by atoms with Gasteiger partial charge in [-0.05, 0) is 19.1 Å². The number of hydrogen-bond acceptors (Lipinski definition) is 7. The minimum atomic E-state index is -4.55. The van der Waals surface area contributed by atoms with E-state index in [0.29, 0.717) is 34.5 Å². The van der Waals surface area contributed by atoms with Gasteiger partial charge in [0.05, 0.1) is 12.6 Å². The number of aromatic nitrogens is 2. The van der Waals surface area contributed by atoms with Crippen molar-refractivity contribution in [2.45, 2.75) is 31.7 Å². The van der Waals surface area contributed by atoms with E-state index in [1.807, 2.05) is 0 Å². The maximum Gasteiger partial charge on any atom is 0.434 e. The number of alkyl halides is 3. The number of nitrogens with one attached hydrogen (secondary N) is 1. The highest BCUT2D eigenvalue weighted by Crippen LogP contribution is 2.38. The van der Waals surface area contributed by atoms with E-state index >= 15 is 0 Å². The third-order valence-corrected chi connectivity index (χ3v) is 5.93. The number of rotatable bonds is 5. The minimum Gasteiger partial charge on any atom is -0.496 e. The number of fused-ring (bicyclic) bond motifs is 1. The van der Waals surface area contributed by atoms with Gasteiger partial charge in [0.2, 0.25) is 0 Å². The van der Waals surface area contributed by atoms with Crippen LogP contribution in [0.1, 0.15) is 17.7 Å². The largest absolute Gasteiger partial charge is 0.496 e. The van der Waals surface area contributed by atoms with Crippen molar-refractivity contribution < 1.29 is 32.5 Å². The van der Waals surface area contributed by atoms with E-state index in [1.165, 1.54) is 7.11 Å². The Morgan fingerprint density at radius 1 is 1.28 bits per heavy atom. The number of carbonyl (C=O) groups is 1. The average molecular weight is 490 g/mol. The Morgan fingerprint density at radius 2 is 2.03 bits per heavy atom. The van der Waals surface area contributed by atoms with Crippen LogP contribution in [0, 0.1) is 6.92 Å². The monoisotopic (exact) mass is 489 g/mol. The molecule has 32 heavy (non-hydrogen) atoms. The van der Waals surface area contributed by atoms with Crippen molar-refractivity contribution in [2.24, 2.45) is 0 Å². The maximum atomic E-state index is 13.0. The third kappa shape index (κ3) is 4.59. The number of carboxylic acid groups (broad SMARTS) is 1. The number of nitrogens with zero attached hydrogens (tertiary/aromatic N) is 2. The summed E-state index contributed by atoms with van der Waals surface area (Å²) in [5, 5.41) is 13.8. The van der Waals surface area contributed by atoms with Crippen molar-refractivity contribution in [2.75, 3.05) is 13.7 Å². The van der Waals surface area contributed by atoms with E-state index in [9.17, 15) is 23.1 Å². The standard InChI is InChI=1S/C20H18F3N3O4S.ClH/c1-9-14(29-2)4-3-11-15(30-10-5-13(19(27)28)24-7-10)6-12(25-17(9)11)18-26-16(8-31-18)20(21,22)23;/h3-4,6,8,10,13,24H,5,7H2,1-2H3,(H,27,28);1H/t10-,13-;/m0./s1. The van der Waals surface area contributed by atoms with E-state index in [0.717, 1.165) is 16.7 Å². The predicted octanol–water partition coefficient (Wildman–Crippen LogP) is 4.31. The number of carboxylic acids is 1. The summed E-state index contributed by atoms with van der Waals surface area (Å²) in [5.74, 6) is 0.00784. The summed E-state index contributed by atoms with van der Waals surface area (Å²) >= 11 is 0.839. The molecule has 3 aromatic rings. The molecule has 7 nitrogen and oxygen atoms in total. The Balaban J connectivity index is 0.00000289. The molecule has 0 spiro atoms. The van der Waals surface area contributed by atoms with Crippen LogP contribution in [0.4, 0.5) is 13.2 Å². The molecule has 0 saturated carbocycles. The smallest absolute Gasteiger partial charge is 0.434 e. The minimum absolute atomic E-state index is 0. The number of aliphatic carboxylic acids is 1. The zero-order valence-corrected chi connectivity index (χ0v) is 18.5. The molecule has 2 atom stereocenters. The van der Waals surface area contributed by atoms with E-state index in [1.54, 1.807) is 25.1 Å². The van der Waals surface area contributed by atoms with Crippen LogP contribution in [0.3, 0.4) is 0 Å². The van der Waals surface area contributed by atoms with Gasteiger partial charge in [-0.3, -0.25) is 4.79 Å². The van der Waals surface area contributed by atoms with Gasteiger partial charge in [-0.25, -0.2) is 9.97 Å². The van der Waals surface area contributed by atoms with E-state index in [2.05, 4.69) is 15.3 Å². The van der Waals surface area contributed by atoms with Gasteiger partial charge < -0.3 is 19.9 Å². The molecule has 2 aromatic heterocycles. The molecular weight excluding hydrogens is 471 g/mol. The highest BCUT2D eigenvalue weighted by Gasteiger charge is 2.34. The second-order valence-corrected chi connectivity index (χ2v) is 7.96. The fraction of sp³-hybridized carbons (Fsp3) is 0.350. The Labute approximate surface area is 191 Å². The van der Waals surface area contributed by atoms with Gasteiger partial charge in [0.1, 0.15) is 34.3 Å². The van der Waals surface area contributed by atoms with Gasteiger partial charge in [-0.15, -0.1) is 23.7 Å². The molecule has 1 saturated heterocycles. The topological polar surface area (TPSA) is 93.6 Å². The Morgan fingerprint density at radius 3 is 2.62 bits per heavy atom. The Bertz CT molecular complexity index is 1160. The number of ether oxygens (including phenoxy) is 2. The van der Waals surface area contributed by atoms with Crippen LogP contribution < -0.4 is 14.8 Å². The van der Waals surface area contributed by atoms with Crippen LogP contribution in [-0.4, -0.2) is 46.8 Å². The van der Waals surface area contributed by atoms with Crippen LogP contribution >= 0.6 is 23.7 Å². The molecule has 4 rings (SSSR count). The van der Waals surface area contributed by atoms with Gasteiger partial charge in [0.25, 0.3) is 0 Å². The number of pyridine rings is 1. The van der Waals surface area contributed by atoms with Crippen molar-refractivity contribution in [1.82, 2.24) is 15.3 Å². The number of aryl methyl sites for hydroxylation is 1. The van der Waals surface area contributed by atoms with Crippen LogP contribution in [0.2, 0.25) is 0 Å². The summed E-state index contributed by atoms with van der Waals surface area (Å²) < 4.78 is 50.5. The van der Waals surface area contributed by atoms with Crippen LogP contribution in [0.5, 0.6) is 11.5 Å². The number of hydrogen-bond donors (Lipinski definition) is 2. The zero-order chi connectivity index (χ0) is 22.3. The molecule has 3 heterocycles. The number of halogens is 4. The summed E-state index contributed by atoms with van der Waals surface area (Å²) in [7, 11) is 1.52. The molecule has 0 aliphatic carbocycles. The maximum absolute atomic E-state index is 13.0. The summed E-state index contributed by atoms with van der Waals surface area (Å²) in [6.07, 6.45) is -4.70. The van der Waals surface area contributed by atoms with Gasteiger partial charge in [0, 0.05) is 35.4 Å². The van der Waals surface area contributed by atoms with Crippen LogP contribution in [0.25, 0.3) is 21.6 Å². The highest BCUT2D eigenvalue weighted by molar-refractivity contribution is 7.13. The molecular formula is C20H19ClF3N3O4S. The zero-order valence-electron chi connectivity index (χ0n) is 16.9. The fourth-order valence-corrected chi connectivity index (χ4v) is 4.28. The normalized spacial score (nSPS) is 18.4. The number of methoxy groups -OCH3 is 1. The van der Waals surface area contributed by atoms with Crippen molar-refractivity contribution >= 4 is 40.6 Å². The number of benzene rings is 1. The molecule has 12 heteroatoms. The van der Waals surface area contributed by atoms with Crippen molar-refractivity contribution in [1.29, 1.82) is 0 Å². The number of thiazole rings is 1. The molecule has 1 fully saturated rings. The first-order valence-corrected chi connectivity index (χ1v) is 10.2. The predicted molar refractivity (Wildman–Crippen MR) is 115 cm³/mol. The molecule has 0 radical (unpaired) electrons. The second-order valence-electron chi connectivity index (χ2n) is 7.10. The van der Waals surface area contributed by atoms with E-state index in [-0.39, 0.29) is 29.5 Å². The first-order valence-electron chi connectivity index (χ1n) is 9.31. The lowest BCUT2D eigenvalue weighted by atomic mass is 10.1. The summed E-state index contributed by atoms with van der Waals surface area (Å²) in [6.45, 7) is 2.13. The summed E-state index contributed by atoms with van der Waals surface area (Å²) in [5.41, 5.74) is 0.465. The lowest BCUT2D eigenvalue weighted by molar-refractivity contribution is -0.141. The molecule has 1 aliphatic rings. The van der Waals surface area contributed by atoms with Crippen molar-refractivity contribution in [3.05, 3.63) is 34.8 Å². The fourth-order valence-electron chi connectivity index (χ4n) is 3.49. The highest BCUT2D eigenvalue weighted by atomic mass is 35.5. The summed E-state index contributed by atoms with van der Waals surface area (Å²) in [4.78, 5) is 19.4. The summed E-state index contributed by atoms with van der Waals surface area (Å²) in [6, 6.07) is 4.34. The molecule has 0 unspecified atom stereocenters. The molecule has 1 aliphatic heterocycles. The van der Waals surface area contributed by atoms with Crippen LogP contribution in [-0.2, 0) is 11.0 Å². The van der Waals surface area contributed by atoms with Gasteiger partial charge >= 0.3 is 12.1 Å². The van der Waals surface area contributed by atoms with Gasteiger partial charge in [0.15, 0.2) is 5.69 Å². The molecule has 1 aromatic carbocycles. The van der Waals surface area contributed by atoms with Gasteiger partial charge in [-0.1, -0.05) is 0 Å². The first kappa shape index (κ1) is 24.0. The molecule has 0 amide bonds. The molecule has 2 N–H and O–H groups in total. The van der Waals surface area contributed by atoms with Gasteiger partial charge in [-0.2, -0.15) is 13.2 Å². The third-order valence-electron chi connectivity index (χ3n) is 5.06. The van der Waals surface area contributed by atoms with Crippen molar-refractivity contribution in [3.63, 3.8) is 0 Å². The SMILES string of the molecule is COc1ccc2c(O[C@@H]3CN[C@H](C(=O)O)C3)cc(-c3nc(C(F)(F)F)cs3)nc2c1C.Cl. The lowest BCUT2D eigenvalue weighted by Crippen LogP contribution is -2.30. The lowest BCUT2D eigenvalue weighted by Gasteiger charge is -2.17. The quantitative estimate of drug-likeness (QED) is 0.551. The molecule has 0 bridgehead atoms. The Hall–Kier alpha value is -2.63. The molecule has 172 valence electrons. The Kier molecular flexibility index (Phi) is 6.82. The van der Waals surface area contributed by atoms with Crippen molar-refractivity contribution in [3.8, 4) is 22.2 Å². The van der Waals surface area contributed by atoms with E-state index in [4.69, 9.17) is 9.47 Å². The van der Waals surface area contributed by atoms with Crippen LogP contribution in [0.15, 0.2) is 23.6 Å². The second kappa shape index (κ2) is 9.08. The first-order chi connectivity index (χ1) is 14.7. The van der Waals surface area contributed by atoms with E-state index < -0.39 is 30.0 Å². The average Bonchev–Trinajstić information content (AvgIpc) is 3.38.